The van der Waals surface area contributed by atoms with Gasteiger partial charge < -0.3 is 10.6 Å². The molecule has 1 fully saturated rings. The average molecular weight is 231 g/mol. The van der Waals surface area contributed by atoms with E-state index in [9.17, 15) is 0 Å². The van der Waals surface area contributed by atoms with Gasteiger partial charge in [0, 0.05) is 17.1 Å². The van der Waals surface area contributed by atoms with E-state index in [1.807, 2.05) is 0 Å². The molecule has 1 saturated heterocycles. The molecule has 17 heavy (non-hydrogen) atoms. The molecule has 92 valence electrons. The van der Waals surface area contributed by atoms with Gasteiger partial charge in [-0.1, -0.05) is 32.0 Å². The summed E-state index contributed by atoms with van der Waals surface area (Å²) >= 11 is 0. The second-order valence-corrected chi connectivity index (χ2v) is 6.91. The van der Waals surface area contributed by atoms with Gasteiger partial charge >= 0.3 is 0 Å². The number of hydrogen-bond acceptors (Lipinski definition) is 1. The van der Waals surface area contributed by atoms with E-state index in [1.54, 1.807) is 0 Å². The molecule has 2 aliphatic rings. The van der Waals surface area contributed by atoms with E-state index < -0.39 is 0 Å². The van der Waals surface area contributed by atoms with Crippen LogP contribution in [0, 0.1) is 5.41 Å². The maximum atomic E-state index is 3.76. The number of rotatable bonds is 0. The van der Waals surface area contributed by atoms with E-state index in [4.69, 9.17) is 0 Å². The lowest BCUT2D eigenvalue weighted by Gasteiger charge is -2.47. The van der Waals surface area contributed by atoms with Gasteiger partial charge in [0.15, 0.2) is 0 Å². The molecule has 2 heteroatoms. The van der Waals surface area contributed by atoms with Crippen molar-refractivity contribution < 1.29 is 5.32 Å². The Labute approximate surface area is 104 Å². The lowest BCUT2D eigenvalue weighted by molar-refractivity contribution is -0.743. The Morgan fingerprint density at radius 2 is 1.88 bits per heavy atom. The van der Waals surface area contributed by atoms with Gasteiger partial charge in [0.05, 0.1) is 18.0 Å². The fourth-order valence-electron chi connectivity index (χ4n) is 3.59. The Hall–Kier alpha value is -1.02. The summed E-state index contributed by atoms with van der Waals surface area (Å²) in [7, 11) is 0. The first kappa shape index (κ1) is 11.1. The summed E-state index contributed by atoms with van der Waals surface area (Å²) < 4.78 is 0. The monoisotopic (exact) mass is 231 g/mol. The highest BCUT2D eigenvalue weighted by Gasteiger charge is 2.54. The van der Waals surface area contributed by atoms with E-state index in [2.05, 4.69) is 62.6 Å². The van der Waals surface area contributed by atoms with Crippen LogP contribution in [0.2, 0.25) is 0 Å². The minimum absolute atomic E-state index is 0.291. The molecular formula is C15H23N2+. The highest BCUT2D eigenvalue weighted by molar-refractivity contribution is 5.61. The van der Waals surface area contributed by atoms with Crippen LogP contribution in [0.15, 0.2) is 24.3 Å². The Bertz CT molecular complexity index is 448. The fourth-order valence-corrected chi connectivity index (χ4v) is 3.59. The average Bonchev–Trinajstić information content (AvgIpc) is 2.66. The molecule has 2 heterocycles. The summed E-state index contributed by atoms with van der Waals surface area (Å²) in [5, 5.41) is 6.29. The number of fused-ring (bicyclic) bond motifs is 3. The molecule has 0 amide bonds. The van der Waals surface area contributed by atoms with Gasteiger partial charge in [-0.05, 0) is 25.5 Å². The minimum atomic E-state index is 0.291. The first-order valence-corrected chi connectivity index (χ1v) is 6.62. The van der Waals surface area contributed by atoms with E-state index in [0.717, 1.165) is 0 Å². The fraction of sp³-hybridized carbons (Fsp3) is 0.600. The molecule has 2 nitrogen and oxygen atoms in total. The van der Waals surface area contributed by atoms with Crippen LogP contribution in [0.3, 0.4) is 0 Å². The first-order valence-electron chi connectivity index (χ1n) is 6.62. The zero-order valence-electron chi connectivity index (χ0n) is 11.2. The molecule has 3 N–H and O–H groups in total. The van der Waals surface area contributed by atoms with Crippen LogP contribution in [-0.2, 0) is 0 Å². The quantitative estimate of drug-likeness (QED) is 0.702. The zero-order chi connectivity index (χ0) is 12.3. The number of nitrogens with two attached hydrogens (primary N) is 1. The van der Waals surface area contributed by atoms with E-state index in [0.29, 0.717) is 22.9 Å². The minimum Gasteiger partial charge on any atom is -0.380 e. The Balaban J connectivity index is 2.11. The molecule has 2 atom stereocenters. The number of benzene rings is 1. The third kappa shape index (κ3) is 1.50. The Morgan fingerprint density at radius 3 is 2.65 bits per heavy atom. The van der Waals surface area contributed by atoms with Gasteiger partial charge in [-0.2, -0.15) is 0 Å². The summed E-state index contributed by atoms with van der Waals surface area (Å²) in [6.45, 7) is 10.7. The van der Waals surface area contributed by atoms with Gasteiger partial charge in [0.2, 0.25) is 0 Å². The maximum Gasteiger partial charge on any atom is 0.0994 e. The lowest BCUT2D eigenvalue weighted by Crippen LogP contribution is -3.01. The molecule has 2 aliphatic heterocycles. The largest absolute Gasteiger partial charge is 0.380 e. The topological polar surface area (TPSA) is 28.6 Å². The molecule has 1 aromatic rings. The molecular weight excluding hydrogens is 208 g/mol. The second kappa shape index (κ2) is 3.26. The van der Waals surface area contributed by atoms with Gasteiger partial charge in [0.1, 0.15) is 0 Å². The number of piperidine rings is 1. The lowest BCUT2D eigenvalue weighted by atomic mass is 9.66. The van der Waals surface area contributed by atoms with Crippen LogP contribution in [0.1, 0.15) is 39.2 Å². The Kier molecular flexibility index (Phi) is 2.13. The highest BCUT2D eigenvalue weighted by Crippen LogP contribution is 2.48. The number of anilines is 1. The van der Waals surface area contributed by atoms with E-state index >= 15 is 0 Å². The van der Waals surface area contributed by atoms with Gasteiger partial charge in [-0.25, -0.2) is 0 Å². The number of para-hydroxylation sites is 1. The van der Waals surface area contributed by atoms with Crippen LogP contribution in [0.25, 0.3) is 0 Å². The van der Waals surface area contributed by atoms with Crippen molar-refractivity contribution in [2.75, 3.05) is 11.9 Å². The smallest absolute Gasteiger partial charge is 0.0994 e. The summed E-state index contributed by atoms with van der Waals surface area (Å²) in [5.74, 6) is 0.613. The summed E-state index contributed by atoms with van der Waals surface area (Å²) in [4.78, 5) is 0. The molecule has 0 radical (unpaired) electrons. The standard InChI is InChI=1S/C15H22N2/c1-14(2)9-16-15(3,4)12-10-7-5-6-8-11(10)17-13(12)14/h5-8,12-13,16-17H,9H2,1-4H3/p+1/t12-,13-/m1/s1. The predicted molar refractivity (Wildman–Crippen MR) is 71.2 cm³/mol. The van der Waals surface area contributed by atoms with Gasteiger partial charge in [0.25, 0.3) is 0 Å². The molecule has 3 rings (SSSR count). The van der Waals surface area contributed by atoms with Crippen molar-refractivity contribution in [2.45, 2.75) is 45.2 Å². The molecule has 0 aliphatic carbocycles. The molecule has 0 bridgehead atoms. The Morgan fingerprint density at radius 1 is 1.18 bits per heavy atom. The molecule has 0 spiro atoms. The van der Waals surface area contributed by atoms with Crippen molar-refractivity contribution in [3.63, 3.8) is 0 Å². The van der Waals surface area contributed by atoms with Gasteiger partial charge in [-0.3, -0.25) is 0 Å². The number of nitrogens with one attached hydrogen (secondary N) is 1. The number of quaternary nitrogens is 1. The van der Waals surface area contributed by atoms with E-state index in [1.165, 1.54) is 17.8 Å². The van der Waals surface area contributed by atoms with Crippen LogP contribution >= 0.6 is 0 Å². The maximum absolute atomic E-state index is 3.76. The summed E-state index contributed by atoms with van der Waals surface area (Å²) in [5.41, 5.74) is 3.49. The van der Waals surface area contributed by atoms with E-state index in [-0.39, 0.29) is 0 Å². The van der Waals surface area contributed by atoms with Crippen molar-refractivity contribution in [1.82, 2.24) is 0 Å². The van der Waals surface area contributed by atoms with Crippen molar-refractivity contribution in [1.29, 1.82) is 0 Å². The van der Waals surface area contributed by atoms with Crippen LogP contribution in [0.4, 0.5) is 5.69 Å². The molecule has 0 unspecified atom stereocenters. The van der Waals surface area contributed by atoms with Crippen molar-refractivity contribution >= 4 is 5.69 Å². The van der Waals surface area contributed by atoms with Crippen LogP contribution in [0.5, 0.6) is 0 Å². The first-order chi connectivity index (χ1) is 7.92. The summed E-state index contributed by atoms with van der Waals surface area (Å²) in [6.07, 6.45) is 0. The molecule has 1 aromatic carbocycles. The SMILES string of the molecule is CC1(C)C[NH2+]C(C)(C)[C@@H]2c3ccccc3N[C@H]21. The predicted octanol–water partition coefficient (Wildman–Crippen LogP) is 1.95. The number of hydrogen-bond donors (Lipinski definition) is 2. The molecule has 0 aromatic heterocycles. The zero-order valence-corrected chi connectivity index (χ0v) is 11.2. The third-order valence-electron chi connectivity index (χ3n) is 4.74. The highest BCUT2D eigenvalue weighted by atomic mass is 15.1. The van der Waals surface area contributed by atoms with Crippen LogP contribution < -0.4 is 10.6 Å². The van der Waals surface area contributed by atoms with Crippen molar-refractivity contribution in [2.24, 2.45) is 5.41 Å². The summed E-state index contributed by atoms with van der Waals surface area (Å²) in [6, 6.07) is 9.39. The van der Waals surface area contributed by atoms with Crippen molar-refractivity contribution in [3.8, 4) is 0 Å². The van der Waals surface area contributed by atoms with Crippen molar-refractivity contribution in [3.05, 3.63) is 29.8 Å². The van der Waals surface area contributed by atoms with Crippen LogP contribution in [-0.4, -0.2) is 18.1 Å². The normalized spacial score (nSPS) is 32.5. The third-order valence-corrected chi connectivity index (χ3v) is 4.74. The molecule has 0 saturated carbocycles. The second-order valence-electron chi connectivity index (χ2n) is 6.91. The van der Waals surface area contributed by atoms with Gasteiger partial charge in [-0.15, -0.1) is 0 Å².